The summed E-state index contributed by atoms with van der Waals surface area (Å²) in [6.45, 7) is 6.79. The van der Waals surface area contributed by atoms with Crippen LogP contribution in [0.5, 0.6) is 0 Å². The van der Waals surface area contributed by atoms with E-state index in [0.717, 1.165) is 53.6 Å². The number of nitrogens with one attached hydrogen (secondary N) is 2. The first-order valence-corrected chi connectivity index (χ1v) is 12.7. The molecule has 1 aromatic carbocycles. The molecule has 180 valence electrons. The molecule has 1 saturated carbocycles. The topological polar surface area (TPSA) is 68.4 Å². The highest BCUT2D eigenvalue weighted by atomic mass is 79.9. The monoisotopic (exact) mass is 536 g/mol. The van der Waals surface area contributed by atoms with Gasteiger partial charge in [0.2, 0.25) is 0 Å². The lowest BCUT2D eigenvalue weighted by molar-refractivity contribution is 0.0951. The van der Waals surface area contributed by atoms with E-state index in [-0.39, 0.29) is 18.0 Å². The van der Waals surface area contributed by atoms with E-state index in [1.165, 1.54) is 0 Å². The van der Waals surface area contributed by atoms with Crippen molar-refractivity contribution in [2.24, 2.45) is 0 Å². The van der Waals surface area contributed by atoms with Gasteiger partial charge >= 0.3 is 0 Å². The fourth-order valence-electron chi connectivity index (χ4n) is 4.83. The Labute approximate surface area is 209 Å². The number of hydrogen-bond acceptors (Lipinski definition) is 4. The first kappa shape index (κ1) is 25.8. The third kappa shape index (κ3) is 6.00. The Morgan fingerprint density at radius 2 is 1.79 bits per heavy atom. The molecule has 33 heavy (non-hydrogen) atoms. The molecule has 0 unspecified atom stereocenters. The van der Waals surface area contributed by atoms with E-state index in [0.29, 0.717) is 28.2 Å². The molecule has 1 aliphatic carbocycles. The second-order valence-electron chi connectivity index (χ2n) is 9.12. The summed E-state index contributed by atoms with van der Waals surface area (Å²) >= 11 is 10.4. The largest absolute Gasteiger partial charge is 0.368 e. The molecule has 0 spiro atoms. The Balaban J connectivity index is 1.81. The van der Waals surface area contributed by atoms with Gasteiger partial charge in [0.15, 0.2) is 0 Å². The molecule has 8 heteroatoms. The zero-order valence-electron chi connectivity index (χ0n) is 20.1. The van der Waals surface area contributed by atoms with Crippen molar-refractivity contribution < 1.29 is 4.79 Å². The summed E-state index contributed by atoms with van der Waals surface area (Å²) in [5.41, 5.74) is 3.29. The average molecular weight is 538 g/mol. The lowest BCUT2D eigenvalue weighted by Gasteiger charge is -2.40. The van der Waals surface area contributed by atoms with Gasteiger partial charge in [-0.3, -0.25) is 9.59 Å². The van der Waals surface area contributed by atoms with Crippen LogP contribution in [0.2, 0.25) is 5.02 Å². The number of pyridine rings is 1. The van der Waals surface area contributed by atoms with Gasteiger partial charge in [0.25, 0.3) is 11.5 Å². The van der Waals surface area contributed by atoms with Crippen molar-refractivity contribution in [2.45, 2.75) is 65.1 Å². The molecule has 2 N–H and O–H groups in total. The van der Waals surface area contributed by atoms with Gasteiger partial charge in [-0.05, 0) is 84.3 Å². The quantitative estimate of drug-likeness (QED) is 0.519. The van der Waals surface area contributed by atoms with Gasteiger partial charge in [0, 0.05) is 40.9 Å². The summed E-state index contributed by atoms with van der Waals surface area (Å²) in [5.74, 6) is -0.297. The molecule has 0 atom stereocenters. The summed E-state index contributed by atoms with van der Waals surface area (Å²) in [4.78, 5) is 32.8. The van der Waals surface area contributed by atoms with Gasteiger partial charge < -0.3 is 20.1 Å². The minimum Gasteiger partial charge on any atom is -0.368 e. The molecular formula is C25H34BrClN4O2. The molecule has 2 aromatic rings. The van der Waals surface area contributed by atoms with Gasteiger partial charge in [-0.1, -0.05) is 27.5 Å². The Bertz CT molecular complexity index is 1060. The minimum atomic E-state index is -0.297. The molecule has 1 aromatic heterocycles. The van der Waals surface area contributed by atoms with E-state index in [2.05, 4.69) is 57.0 Å². The summed E-state index contributed by atoms with van der Waals surface area (Å²) in [6, 6.07) is 6.65. The second kappa shape index (κ2) is 11.1. The molecule has 1 heterocycles. The second-order valence-corrected chi connectivity index (χ2v) is 10.4. The maximum Gasteiger partial charge on any atom is 0.253 e. The normalized spacial score (nSPS) is 18.4. The lowest BCUT2D eigenvalue weighted by Crippen LogP contribution is -2.42. The van der Waals surface area contributed by atoms with Crippen molar-refractivity contribution in [3.63, 3.8) is 0 Å². The smallest absolute Gasteiger partial charge is 0.253 e. The van der Waals surface area contributed by atoms with Crippen LogP contribution in [0, 0.1) is 13.8 Å². The Kier molecular flexibility index (Phi) is 8.65. The van der Waals surface area contributed by atoms with Crippen LogP contribution in [0.4, 0.5) is 5.69 Å². The van der Waals surface area contributed by atoms with E-state index in [1.807, 2.05) is 26.0 Å². The van der Waals surface area contributed by atoms with Crippen molar-refractivity contribution in [3.05, 3.63) is 60.4 Å². The lowest BCUT2D eigenvalue weighted by atomic mass is 9.89. The van der Waals surface area contributed by atoms with E-state index in [9.17, 15) is 9.59 Å². The first-order chi connectivity index (χ1) is 15.6. The van der Waals surface area contributed by atoms with E-state index < -0.39 is 0 Å². The first-order valence-electron chi connectivity index (χ1n) is 11.5. The van der Waals surface area contributed by atoms with Crippen molar-refractivity contribution in [1.29, 1.82) is 0 Å². The van der Waals surface area contributed by atoms with Crippen molar-refractivity contribution in [3.8, 4) is 0 Å². The standard InChI is InChI=1S/C25H34BrClN4O2/c1-6-31(19-9-7-18(8-10-19)30(4)5)22-13-17(26)12-20(23(22)27)24(32)28-14-21-15(2)11-16(3)29-25(21)33/h11-13,18-19H,6-10,14H2,1-5H3,(H,28,32)(H,29,33). The summed E-state index contributed by atoms with van der Waals surface area (Å²) in [7, 11) is 4.29. The van der Waals surface area contributed by atoms with Gasteiger partial charge in [-0.15, -0.1) is 0 Å². The number of amides is 1. The van der Waals surface area contributed by atoms with Crippen molar-refractivity contribution >= 4 is 39.1 Å². The molecule has 0 saturated heterocycles. The van der Waals surface area contributed by atoms with Crippen LogP contribution in [0.1, 0.15) is 59.8 Å². The number of carbonyl (C=O) groups is 1. The maximum atomic E-state index is 13.1. The summed E-state index contributed by atoms with van der Waals surface area (Å²) in [5, 5.41) is 3.32. The molecular weight excluding hydrogens is 504 g/mol. The third-order valence-corrected chi connectivity index (χ3v) is 7.52. The van der Waals surface area contributed by atoms with Gasteiger partial charge in [-0.25, -0.2) is 0 Å². The fourth-order valence-corrected chi connectivity index (χ4v) is 5.58. The molecule has 3 rings (SSSR count). The number of rotatable bonds is 7. The predicted molar refractivity (Wildman–Crippen MR) is 140 cm³/mol. The highest BCUT2D eigenvalue weighted by Gasteiger charge is 2.28. The van der Waals surface area contributed by atoms with Crippen LogP contribution in [-0.4, -0.2) is 48.5 Å². The number of aromatic amines is 1. The zero-order chi connectivity index (χ0) is 24.3. The summed E-state index contributed by atoms with van der Waals surface area (Å²) < 4.78 is 0.803. The number of anilines is 1. The highest BCUT2D eigenvalue weighted by Crippen LogP contribution is 2.37. The maximum absolute atomic E-state index is 13.1. The minimum absolute atomic E-state index is 0.143. The molecule has 0 bridgehead atoms. The predicted octanol–water partition coefficient (Wildman–Crippen LogP) is 5.04. The van der Waals surface area contributed by atoms with Gasteiger partial charge in [0.1, 0.15) is 0 Å². The number of halogens is 2. The van der Waals surface area contributed by atoms with E-state index >= 15 is 0 Å². The summed E-state index contributed by atoms with van der Waals surface area (Å²) in [6.07, 6.45) is 4.49. The number of aryl methyl sites for hydroxylation is 2. The van der Waals surface area contributed by atoms with Gasteiger partial charge in [-0.2, -0.15) is 0 Å². The molecule has 6 nitrogen and oxygen atoms in total. The molecule has 1 amide bonds. The van der Waals surface area contributed by atoms with Crippen LogP contribution < -0.4 is 15.8 Å². The van der Waals surface area contributed by atoms with Crippen LogP contribution >= 0.6 is 27.5 Å². The third-order valence-electron chi connectivity index (χ3n) is 6.67. The molecule has 1 aliphatic rings. The number of nitrogens with zero attached hydrogens (tertiary/aromatic N) is 2. The molecule has 0 aliphatic heterocycles. The zero-order valence-corrected chi connectivity index (χ0v) is 22.4. The SMILES string of the molecule is CCN(c1cc(Br)cc(C(=O)NCc2c(C)cc(C)[nH]c2=O)c1Cl)C1CCC(N(C)C)CC1. The van der Waals surface area contributed by atoms with Crippen LogP contribution in [0.3, 0.4) is 0 Å². The Morgan fingerprint density at radius 1 is 1.15 bits per heavy atom. The Morgan fingerprint density at radius 3 is 2.36 bits per heavy atom. The molecule has 0 radical (unpaired) electrons. The molecule has 1 fully saturated rings. The number of H-pyrrole nitrogens is 1. The van der Waals surface area contributed by atoms with Crippen LogP contribution in [0.15, 0.2) is 27.5 Å². The Hall–Kier alpha value is -1.83. The fraction of sp³-hybridized carbons (Fsp3) is 0.520. The van der Waals surface area contributed by atoms with Crippen LogP contribution in [0.25, 0.3) is 0 Å². The average Bonchev–Trinajstić information content (AvgIpc) is 2.75. The van der Waals surface area contributed by atoms with Crippen molar-refractivity contribution in [1.82, 2.24) is 15.2 Å². The highest BCUT2D eigenvalue weighted by molar-refractivity contribution is 9.10. The number of hydrogen-bond donors (Lipinski definition) is 2. The number of carbonyl (C=O) groups excluding carboxylic acids is 1. The number of aromatic nitrogens is 1. The van der Waals surface area contributed by atoms with E-state index in [1.54, 1.807) is 6.07 Å². The van der Waals surface area contributed by atoms with Crippen LogP contribution in [-0.2, 0) is 6.54 Å². The van der Waals surface area contributed by atoms with E-state index in [4.69, 9.17) is 11.6 Å². The van der Waals surface area contributed by atoms with Gasteiger partial charge in [0.05, 0.1) is 16.3 Å². The number of benzene rings is 1. The van der Waals surface area contributed by atoms with Crippen molar-refractivity contribution in [2.75, 3.05) is 25.5 Å².